The zero-order valence-corrected chi connectivity index (χ0v) is 9.89. The average molecular weight is 252 g/mol. The van der Waals surface area contributed by atoms with E-state index in [1.54, 1.807) is 5.38 Å². The van der Waals surface area contributed by atoms with Gasteiger partial charge in [-0.2, -0.15) is 0 Å². The maximum atomic E-state index is 11.1. The molecular weight excluding hydrogens is 244 g/mol. The van der Waals surface area contributed by atoms with E-state index in [1.165, 1.54) is 36.1 Å². The molecule has 0 saturated carbocycles. The van der Waals surface area contributed by atoms with Crippen LogP contribution >= 0.6 is 11.3 Å². The van der Waals surface area contributed by atoms with Gasteiger partial charge in [-0.3, -0.25) is 4.79 Å². The van der Waals surface area contributed by atoms with Crippen molar-refractivity contribution in [1.82, 2.24) is 14.5 Å². The smallest absolute Gasteiger partial charge is 0.342 e. The predicted octanol–water partition coefficient (Wildman–Crippen LogP) is 1.65. The second kappa shape index (κ2) is 4.06. The molecule has 0 saturated heterocycles. The minimum Gasteiger partial charge on any atom is -0.358 e. The highest BCUT2D eigenvalue weighted by Gasteiger charge is 2.21. The number of imidazole rings is 1. The Labute approximate surface area is 99.9 Å². The van der Waals surface area contributed by atoms with E-state index in [1.807, 2.05) is 0 Å². The molecule has 0 aromatic carbocycles. The standard InChI is InChI=1S/C9H8N4O3S/c1-5(14)6-4-17-9(11-6)8-10-3-7(12(8)2)13(15)16/h3-4H,1-2H3. The fourth-order valence-corrected chi connectivity index (χ4v) is 2.20. The molecule has 2 heterocycles. The van der Waals surface area contributed by atoms with Gasteiger partial charge in [-0.25, -0.2) is 14.5 Å². The van der Waals surface area contributed by atoms with Crippen molar-refractivity contribution in [3.05, 3.63) is 27.4 Å². The van der Waals surface area contributed by atoms with Gasteiger partial charge in [0.15, 0.2) is 10.8 Å². The van der Waals surface area contributed by atoms with Crippen LogP contribution in [0.4, 0.5) is 5.82 Å². The molecule has 2 aromatic heterocycles. The molecule has 8 heteroatoms. The van der Waals surface area contributed by atoms with Crippen molar-refractivity contribution in [3.8, 4) is 10.8 Å². The molecule has 0 unspecified atom stereocenters. The number of thiazole rings is 1. The molecule has 0 atom stereocenters. The molecule has 0 radical (unpaired) electrons. The molecule has 17 heavy (non-hydrogen) atoms. The maximum Gasteiger partial charge on any atom is 0.342 e. The number of carbonyl (C=O) groups excluding carboxylic acids is 1. The van der Waals surface area contributed by atoms with Crippen LogP contribution < -0.4 is 0 Å². The van der Waals surface area contributed by atoms with Gasteiger partial charge in [0.25, 0.3) is 5.82 Å². The first-order valence-electron chi connectivity index (χ1n) is 4.63. The van der Waals surface area contributed by atoms with E-state index in [9.17, 15) is 14.9 Å². The first kappa shape index (κ1) is 11.4. The lowest BCUT2D eigenvalue weighted by Gasteiger charge is -1.94. The van der Waals surface area contributed by atoms with Crippen LogP contribution in [-0.4, -0.2) is 25.2 Å². The molecule has 0 aliphatic carbocycles. The second-order valence-electron chi connectivity index (χ2n) is 3.35. The van der Waals surface area contributed by atoms with Crippen molar-refractivity contribution >= 4 is 22.9 Å². The Morgan fingerprint density at radius 1 is 1.59 bits per heavy atom. The first-order chi connectivity index (χ1) is 8.00. The SMILES string of the molecule is CC(=O)c1csc(-c2ncc([N+](=O)[O-])n2C)n1. The topological polar surface area (TPSA) is 90.9 Å². The molecule has 0 amide bonds. The Morgan fingerprint density at radius 2 is 2.29 bits per heavy atom. The van der Waals surface area contributed by atoms with Crippen molar-refractivity contribution in [3.63, 3.8) is 0 Å². The number of nitro groups is 1. The largest absolute Gasteiger partial charge is 0.358 e. The van der Waals surface area contributed by atoms with Gasteiger partial charge in [0.1, 0.15) is 11.9 Å². The summed E-state index contributed by atoms with van der Waals surface area (Å²) in [6, 6.07) is 0. The summed E-state index contributed by atoms with van der Waals surface area (Å²) in [5.74, 6) is 0.130. The summed E-state index contributed by atoms with van der Waals surface area (Å²) in [5, 5.41) is 12.8. The lowest BCUT2D eigenvalue weighted by molar-refractivity contribution is -0.391. The molecule has 7 nitrogen and oxygen atoms in total. The van der Waals surface area contributed by atoms with E-state index in [2.05, 4.69) is 9.97 Å². The molecular formula is C9H8N4O3S. The Balaban J connectivity index is 2.46. The third kappa shape index (κ3) is 1.94. The van der Waals surface area contributed by atoms with Crippen molar-refractivity contribution in [1.29, 1.82) is 0 Å². The number of Topliss-reactive ketones (excluding diaryl/α,β-unsaturated/α-hetero) is 1. The molecule has 0 aliphatic rings. The number of nitrogens with zero attached hydrogens (tertiary/aromatic N) is 4. The zero-order chi connectivity index (χ0) is 12.6. The van der Waals surface area contributed by atoms with Gasteiger partial charge in [0, 0.05) is 12.3 Å². The van der Waals surface area contributed by atoms with Crippen LogP contribution in [0.3, 0.4) is 0 Å². The third-order valence-electron chi connectivity index (χ3n) is 2.21. The fourth-order valence-electron chi connectivity index (χ4n) is 1.31. The molecule has 0 bridgehead atoms. The Bertz CT molecular complexity index is 601. The van der Waals surface area contributed by atoms with Gasteiger partial charge in [-0.1, -0.05) is 0 Å². The number of hydrogen-bond acceptors (Lipinski definition) is 6. The Kier molecular flexibility index (Phi) is 2.72. The quantitative estimate of drug-likeness (QED) is 0.470. The average Bonchev–Trinajstić information content (AvgIpc) is 2.82. The second-order valence-corrected chi connectivity index (χ2v) is 4.21. The molecule has 0 spiro atoms. The summed E-state index contributed by atoms with van der Waals surface area (Å²) in [5.41, 5.74) is 0.343. The minimum absolute atomic E-state index is 0.112. The fraction of sp³-hybridized carbons (Fsp3) is 0.222. The van der Waals surface area contributed by atoms with Gasteiger partial charge >= 0.3 is 5.82 Å². The predicted molar refractivity (Wildman–Crippen MR) is 61.0 cm³/mol. The van der Waals surface area contributed by atoms with Crippen molar-refractivity contribution < 1.29 is 9.72 Å². The van der Waals surface area contributed by atoms with Crippen molar-refractivity contribution in [2.24, 2.45) is 7.05 Å². The van der Waals surface area contributed by atoms with Crippen LogP contribution in [0.2, 0.25) is 0 Å². The number of carbonyl (C=O) groups is 1. The summed E-state index contributed by atoms with van der Waals surface area (Å²) in [6.45, 7) is 1.42. The minimum atomic E-state index is -0.518. The molecule has 2 aromatic rings. The molecule has 2 rings (SSSR count). The van der Waals surface area contributed by atoms with Gasteiger partial charge < -0.3 is 10.1 Å². The summed E-state index contributed by atoms with van der Waals surface area (Å²) in [4.78, 5) is 29.2. The lowest BCUT2D eigenvalue weighted by Crippen LogP contribution is -1.99. The van der Waals surface area contributed by atoms with E-state index < -0.39 is 4.92 Å². The number of hydrogen-bond donors (Lipinski definition) is 0. The van der Waals surface area contributed by atoms with Crippen LogP contribution in [-0.2, 0) is 7.05 Å². The monoisotopic (exact) mass is 252 g/mol. The van der Waals surface area contributed by atoms with Crippen LogP contribution in [0.5, 0.6) is 0 Å². The third-order valence-corrected chi connectivity index (χ3v) is 3.05. The molecule has 0 fully saturated rings. The zero-order valence-electron chi connectivity index (χ0n) is 9.08. The normalized spacial score (nSPS) is 10.5. The van der Waals surface area contributed by atoms with Crippen LogP contribution in [0.1, 0.15) is 17.4 Å². The van der Waals surface area contributed by atoms with E-state index in [0.29, 0.717) is 16.5 Å². The van der Waals surface area contributed by atoms with E-state index in [-0.39, 0.29) is 11.6 Å². The number of aromatic nitrogens is 3. The number of ketones is 1. The summed E-state index contributed by atoms with van der Waals surface area (Å²) in [6.07, 6.45) is 1.17. The maximum absolute atomic E-state index is 11.1. The van der Waals surface area contributed by atoms with Crippen molar-refractivity contribution in [2.75, 3.05) is 0 Å². The first-order valence-corrected chi connectivity index (χ1v) is 5.51. The summed E-state index contributed by atoms with van der Waals surface area (Å²) < 4.78 is 1.34. The summed E-state index contributed by atoms with van der Waals surface area (Å²) in [7, 11) is 1.54. The molecule has 88 valence electrons. The highest BCUT2D eigenvalue weighted by atomic mass is 32.1. The Morgan fingerprint density at radius 3 is 2.76 bits per heavy atom. The number of rotatable bonds is 3. The van der Waals surface area contributed by atoms with Gasteiger partial charge in [-0.05, 0) is 4.92 Å². The molecule has 0 N–H and O–H groups in total. The summed E-state index contributed by atoms with van der Waals surface area (Å²) >= 11 is 1.23. The molecule has 0 aliphatic heterocycles. The van der Waals surface area contributed by atoms with Gasteiger partial charge in [-0.15, -0.1) is 11.3 Å². The van der Waals surface area contributed by atoms with E-state index in [4.69, 9.17) is 0 Å². The van der Waals surface area contributed by atoms with Crippen LogP contribution in [0, 0.1) is 10.1 Å². The highest BCUT2D eigenvalue weighted by Crippen LogP contribution is 2.25. The van der Waals surface area contributed by atoms with Gasteiger partial charge in [0.2, 0.25) is 0 Å². The van der Waals surface area contributed by atoms with E-state index in [0.717, 1.165) is 0 Å². The van der Waals surface area contributed by atoms with Crippen LogP contribution in [0.15, 0.2) is 11.6 Å². The lowest BCUT2D eigenvalue weighted by atomic mass is 10.3. The van der Waals surface area contributed by atoms with Gasteiger partial charge in [0.05, 0.1) is 7.05 Å². The van der Waals surface area contributed by atoms with Crippen molar-refractivity contribution in [2.45, 2.75) is 6.92 Å². The van der Waals surface area contributed by atoms with Crippen LogP contribution in [0.25, 0.3) is 10.8 Å². The van der Waals surface area contributed by atoms with E-state index >= 15 is 0 Å². The highest BCUT2D eigenvalue weighted by molar-refractivity contribution is 7.13. The Hall–Kier alpha value is -2.09.